The van der Waals surface area contributed by atoms with Gasteiger partial charge in [0.05, 0.1) is 17.1 Å². The molecule has 0 amide bonds. The minimum absolute atomic E-state index is 0.0414. The van der Waals surface area contributed by atoms with Crippen molar-refractivity contribution in [3.63, 3.8) is 0 Å². The standard InChI is InChI=1S/C30H26BrN3O3/c1-18(2)23-15-25(31)19(3)14-28(23)37-17-29-33-26-11-7-6-10-22(26)30(36)34(29)32-16-24-21-9-5-4-8-20(21)12-13-27(24)35/h4-16,18,35H,17H2,1-3H3/b32-16+. The predicted molar refractivity (Wildman–Crippen MR) is 152 cm³/mol. The quantitative estimate of drug-likeness (QED) is 0.231. The van der Waals surface area contributed by atoms with Gasteiger partial charge in [-0.1, -0.05) is 72.2 Å². The van der Waals surface area contributed by atoms with Crippen LogP contribution < -0.4 is 10.3 Å². The number of aryl methyl sites for hydroxylation is 1. The fraction of sp³-hybridized carbons (Fsp3) is 0.167. The maximum atomic E-state index is 13.5. The zero-order valence-electron chi connectivity index (χ0n) is 20.8. The van der Waals surface area contributed by atoms with Gasteiger partial charge in [0.15, 0.2) is 5.82 Å². The number of ether oxygens (including phenoxy) is 1. The largest absolute Gasteiger partial charge is 0.507 e. The van der Waals surface area contributed by atoms with Crippen LogP contribution in [0, 0.1) is 6.92 Å². The van der Waals surface area contributed by atoms with Crippen molar-refractivity contribution in [2.75, 3.05) is 0 Å². The van der Waals surface area contributed by atoms with E-state index in [4.69, 9.17) is 9.72 Å². The lowest BCUT2D eigenvalue weighted by Gasteiger charge is -2.17. The monoisotopic (exact) mass is 555 g/mol. The van der Waals surface area contributed by atoms with Crippen LogP contribution in [-0.4, -0.2) is 21.0 Å². The van der Waals surface area contributed by atoms with Gasteiger partial charge in [0.2, 0.25) is 0 Å². The van der Waals surface area contributed by atoms with Crippen molar-refractivity contribution in [1.29, 1.82) is 0 Å². The first kappa shape index (κ1) is 24.7. The highest BCUT2D eigenvalue weighted by Crippen LogP contribution is 2.32. The number of aromatic nitrogens is 2. The molecule has 5 rings (SSSR count). The molecule has 1 N–H and O–H groups in total. The van der Waals surface area contributed by atoms with E-state index in [1.54, 1.807) is 24.3 Å². The Bertz CT molecular complexity index is 1720. The number of phenolic OH excluding ortho intramolecular Hbond substituents is 1. The van der Waals surface area contributed by atoms with E-state index in [1.807, 2.05) is 49.4 Å². The number of aromatic hydroxyl groups is 1. The SMILES string of the molecule is Cc1cc(OCc2nc3ccccc3c(=O)n2/N=C/c2c(O)ccc3ccccc23)c(C(C)C)cc1Br. The molecule has 0 spiro atoms. The second-order valence-electron chi connectivity index (χ2n) is 9.21. The highest BCUT2D eigenvalue weighted by molar-refractivity contribution is 9.10. The lowest BCUT2D eigenvalue weighted by molar-refractivity contribution is 0.285. The minimum Gasteiger partial charge on any atom is -0.507 e. The van der Waals surface area contributed by atoms with Crippen LogP contribution in [0.3, 0.4) is 0 Å². The first-order chi connectivity index (χ1) is 17.8. The molecule has 0 saturated carbocycles. The summed E-state index contributed by atoms with van der Waals surface area (Å²) in [6.07, 6.45) is 1.50. The normalized spacial score (nSPS) is 11.7. The smallest absolute Gasteiger partial charge is 0.282 e. The summed E-state index contributed by atoms with van der Waals surface area (Å²) in [6, 6.07) is 22.4. The minimum atomic E-state index is -0.309. The van der Waals surface area contributed by atoms with Crippen molar-refractivity contribution >= 4 is 43.8 Å². The molecule has 1 heterocycles. The van der Waals surface area contributed by atoms with Crippen LogP contribution in [0.15, 0.2) is 87.2 Å². The molecule has 7 heteroatoms. The third-order valence-corrected chi connectivity index (χ3v) is 7.19. The van der Waals surface area contributed by atoms with Gasteiger partial charge in [0.1, 0.15) is 18.1 Å². The number of fused-ring (bicyclic) bond motifs is 2. The molecule has 0 aliphatic carbocycles. The zero-order chi connectivity index (χ0) is 26.1. The average molecular weight is 556 g/mol. The number of phenols is 1. The predicted octanol–water partition coefficient (Wildman–Crippen LogP) is 6.91. The molecule has 0 unspecified atom stereocenters. The molecule has 0 aliphatic heterocycles. The summed E-state index contributed by atoms with van der Waals surface area (Å²) >= 11 is 3.61. The molecular weight excluding hydrogens is 530 g/mol. The lowest BCUT2D eigenvalue weighted by Crippen LogP contribution is -2.23. The van der Waals surface area contributed by atoms with Crippen LogP contribution >= 0.6 is 15.9 Å². The molecule has 186 valence electrons. The third kappa shape index (κ3) is 4.87. The number of nitrogens with zero attached hydrogens (tertiary/aromatic N) is 3. The number of hydrogen-bond donors (Lipinski definition) is 1. The van der Waals surface area contributed by atoms with Crippen molar-refractivity contribution in [2.24, 2.45) is 5.10 Å². The topological polar surface area (TPSA) is 76.7 Å². The van der Waals surface area contributed by atoms with Crippen molar-refractivity contribution in [3.05, 3.63) is 110 Å². The van der Waals surface area contributed by atoms with Crippen molar-refractivity contribution < 1.29 is 9.84 Å². The van der Waals surface area contributed by atoms with Gasteiger partial charge in [0.25, 0.3) is 5.56 Å². The van der Waals surface area contributed by atoms with E-state index in [1.165, 1.54) is 10.9 Å². The number of rotatable bonds is 6. The van der Waals surface area contributed by atoms with Crippen molar-refractivity contribution in [1.82, 2.24) is 9.66 Å². The van der Waals surface area contributed by atoms with Gasteiger partial charge in [-0.3, -0.25) is 4.79 Å². The Labute approximate surface area is 223 Å². The molecule has 5 aromatic rings. The van der Waals surface area contributed by atoms with Crippen LogP contribution in [-0.2, 0) is 6.61 Å². The summed E-state index contributed by atoms with van der Waals surface area (Å²) in [6.45, 7) is 6.26. The molecule has 4 aromatic carbocycles. The first-order valence-electron chi connectivity index (χ1n) is 12.0. The van der Waals surface area contributed by atoms with E-state index in [-0.39, 0.29) is 23.8 Å². The Morgan fingerprint density at radius 3 is 2.57 bits per heavy atom. The van der Waals surface area contributed by atoms with Crippen molar-refractivity contribution in [3.8, 4) is 11.5 Å². The summed E-state index contributed by atoms with van der Waals surface area (Å²) in [7, 11) is 0. The van der Waals surface area contributed by atoms with Gasteiger partial charge in [-0.05, 0) is 65.1 Å². The fourth-order valence-corrected chi connectivity index (χ4v) is 4.67. The van der Waals surface area contributed by atoms with Gasteiger partial charge in [0, 0.05) is 10.0 Å². The first-order valence-corrected chi connectivity index (χ1v) is 12.8. The summed E-state index contributed by atoms with van der Waals surface area (Å²) in [5.74, 6) is 1.41. The van der Waals surface area contributed by atoms with E-state index in [2.05, 4.69) is 40.9 Å². The van der Waals surface area contributed by atoms with E-state index in [0.29, 0.717) is 22.3 Å². The van der Waals surface area contributed by atoms with Gasteiger partial charge in [-0.15, -0.1) is 0 Å². The Morgan fingerprint density at radius 2 is 1.78 bits per heavy atom. The number of benzene rings is 4. The maximum Gasteiger partial charge on any atom is 0.282 e. The second kappa shape index (κ2) is 10.2. The Balaban J connectivity index is 1.61. The molecule has 37 heavy (non-hydrogen) atoms. The molecule has 0 atom stereocenters. The van der Waals surface area contributed by atoms with Crippen LogP contribution in [0.25, 0.3) is 21.7 Å². The van der Waals surface area contributed by atoms with E-state index in [9.17, 15) is 9.90 Å². The van der Waals surface area contributed by atoms with Gasteiger partial charge in [-0.2, -0.15) is 9.78 Å². The van der Waals surface area contributed by atoms with E-state index in [0.717, 1.165) is 32.1 Å². The molecule has 0 saturated heterocycles. The van der Waals surface area contributed by atoms with Crippen LogP contribution in [0.4, 0.5) is 0 Å². The van der Waals surface area contributed by atoms with E-state index < -0.39 is 0 Å². The van der Waals surface area contributed by atoms with E-state index >= 15 is 0 Å². The van der Waals surface area contributed by atoms with Gasteiger partial charge < -0.3 is 9.84 Å². The van der Waals surface area contributed by atoms with Gasteiger partial charge >= 0.3 is 0 Å². The van der Waals surface area contributed by atoms with Gasteiger partial charge in [-0.25, -0.2) is 4.98 Å². The Kier molecular flexibility index (Phi) is 6.80. The second-order valence-corrected chi connectivity index (χ2v) is 10.1. The summed E-state index contributed by atoms with van der Waals surface area (Å²) < 4.78 is 8.52. The Hall–Kier alpha value is -3.97. The Morgan fingerprint density at radius 1 is 1.05 bits per heavy atom. The fourth-order valence-electron chi connectivity index (χ4n) is 4.31. The molecule has 0 fully saturated rings. The number of halogens is 1. The highest BCUT2D eigenvalue weighted by Gasteiger charge is 2.15. The molecule has 0 aliphatic rings. The molecule has 0 radical (unpaired) electrons. The third-order valence-electron chi connectivity index (χ3n) is 6.34. The van der Waals surface area contributed by atoms with Crippen LogP contribution in [0.1, 0.15) is 42.3 Å². The highest BCUT2D eigenvalue weighted by atomic mass is 79.9. The molecule has 6 nitrogen and oxygen atoms in total. The molecule has 1 aromatic heterocycles. The lowest BCUT2D eigenvalue weighted by atomic mass is 10.0. The average Bonchev–Trinajstić information content (AvgIpc) is 2.89. The van der Waals surface area contributed by atoms with Crippen LogP contribution in [0.2, 0.25) is 0 Å². The van der Waals surface area contributed by atoms with Crippen molar-refractivity contribution in [2.45, 2.75) is 33.3 Å². The summed E-state index contributed by atoms with van der Waals surface area (Å²) in [4.78, 5) is 18.2. The van der Waals surface area contributed by atoms with Crippen LogP contribution in [0.5, 0.6) is 11.5 Å². The zero-order valence-corrected chi connectivity index (χ0v) is 22.4. The number of hydrogen-bond acceptors (Lipinski definition) is 5. The number of para-hydroxylation sites is 1. The maximum absolute atomic E-state index is 13.5. The molecule has 0 bridgehead atoms. The molecular formula is C30H26BrN3O3. The summed E-state index contributed by atoms with van der Waals surface area (Å²) in [5, 5.41) is 17.3. The summed E-state index contributed by atoms with van der Waals surface area (Å²) in [5.41, 5.74) is 2.89.